The first kappa shape index (κ1) is 37.0. The second-order valence-electron chi connectivity index (χ2n) is 14.9. The summed E-state index contributed by atoms with van der Waals surface area (Å²) < 4.78 is 1.99. The fourth-order valence-corrected chi connectivity index (χ4v) is 8.63. The standard InChI is InChI=1S/C54H28N6O2/c55-29-33-21-34(30-56)24-41(23-33)39-17-19-48-46(27-39)47-28-40(42-25-35(31-57)22-36(26-42)32-58)18-20-49(47)59(48)50-16-8-15-45-51(50)54(62)60(53(45)61)52-43(37-9-3-1-4-10-37)13-7-14-44(52)38-11-5-2-6-12-38/h1-28H. The zero-order valence-corrected chi connectivity index (χ0v) is 32.7. The van der Waals surface area contributed by atoms with Crippen molar-refractivity contribution >= 4 is 39.3 Å². The summed E-state index contributed by atoms with van der Waals surface area (Å²) in [7, 11) is 0. The average Bonchev–Trinajstić information content (AvgIpc) is 3.80. The van der Waals surface area contributed by atoms with Crippen LogP contribution in [0.25, 0.3) is 72.0 Å². The minimum absolute atomic E-state index is 0.257. The molecule has 0 radical (unpaired) electrons. The van der Waals surface area contributed by atoms with Crippen LogP contribution in [0.15, 0.2) is 170 Å². The number of imide groups is 1. The molecule has 1 aliphatic rings. The molecule has 1 aliphatic heterocycles. The zero-order valence-electron chi connectivity index (χ0n) is 32.7. The Hall–Kier alpha value is -9.34. The van der Waals surface area contributed by atoms with Gasteiger partial charge in [0, 0.05) is 21.9 Å². The number of carbonyl (C=O) groups excluding carboxylic acids is 2. The van der Waals surface area contributed by atoms with Gasteiger partial charge in [-0.3, -0.25) is 9.59 Å². The lowest BCUT2D eigenvalue weighted by atomic mass is 9.95. The molecule has 8 heteroatoms. The van der Waals surface area contributed by atoms with Crippen molar-refractivity contribution in [1.82, 2.24) is 4.57 Å². The summed E-state index contributed by atoms with van der Waals surface area (Å²) in [4.78, 5) is 31.4. The maximum Gasteiger partial charge on any atom is 0.268 e. The Morgan fingerprint density at radius 3 is 1.26 bits per heavy atom. The molecular weight excluding hydrogens is 765 g/mol. The molecule has 1 aromatic heterocycles. The summed E-state index contributed by atoms with van der Waals surface area (Å²) in [5.41, 5.74) is 10.5. The van der Waals surface area contributed by atoms with E-state index in [1.54, 1.807) is 48.5 Å². The summed E-state index contributed by atoms with van der Waals surface area (Å²) in [6.45, 7) is 0. The van der Waals surface area contributed by atoms with E-state index >= 15 is 4.79 Å². The molecule has 2 heterocycles. The fraction of sp³-hybridized carbons (Fsp3) is 0. The lowest BCUT2D eigenvalue weighted by Gasteiger charge is -2.23. The van der Waals surface area contributed by atoms with Gasteiger partial charge in [0.05, 0.1) is 80.1 Å². The molecule has 0 aliphatic carbocycles. The lowest BCUT2D eigenvalue weighted by molar-refractivity contribution is 0.0926. The number of para-hydroxylation sites is 1. The van der Waals surface area contributed by atoms with Crippen LogP contribution in [0.5, 0.6) is 0 Å². The highest BCUT2D eigenvalue weighted by Gasteiger charge is 2.41. The molecule has 0 atom stereocenters. The van der Waals surface area contributed by atoms with Crippen molar-refractivity contribution < 1.29 is 9.59 Å². The highest BCUT2D eigenvalue weighted by Crippen LogP contribution is 2.45. The number of hydrogen-bond acceptors (Lipinski definition) is 6. The van der Waals surface area contributed by atoms with E-state index in [9.17, 15) is 25.8 Å². The van der Waals surface area contributed by atoms with E-state index in [1.165, 1.54) is 4.90 Å². The van der Waals surface area contributed by atoms with Gasteiger partial charge < -0.3 is 4.57 Å². The summed E-state index contributed by atoms with van der Waals surface area (Å²) in [5.74, 6) is -0.895. The first-order valence-corrected chi connectivity index (χ1v) is 19.6. The van der Waals surface area contributed by atoms with Crippen LogP contribution in [0.4, 0.5) is 5.69 Å². The van der Waals surface area contributed by atoms with E-state index in [4.69, 9.17) is 0 Å². The first-order valence-electron chi connectivity index (χ1n) is 19.6. The van der Waals surface area contributed by atoms with Gasteiger partial charge in [0.1, 0.15) is 0 Å². The Morgan fingerprint density at radius 1 is 0.371 bits per heavy atom. The van der Waals surface area contributed by atoms with Crippen LogP contribution in [0.1, 0.15) is 43.0 Å². The topological polar surface area (TPSA) is 137 Å². The van der Waals surface area contributed by atoms with Crippen LogP contribution in [-0.4, -0.2) is 16.4 Å². The Labute approximate surface area is 355 Å². The minimum atomic E-state index is -0.459. The molecule has 0 saturated heterocycles. The number of anilines is 1. The number of rotatable bonds is 6. The maximum absolute atomic E-state index is 15.3. The van der Waals surface area contributed by atoms with Crippen molar-refractivity contribution in [3.63, 3.8) is 0 Å². The third kappa shape index (κ3) is 5.97. The Kier molecular flexibility index (Phi) is 8.82. The van der Waals surface area contributed by atoms with Gasteiger partial charge in [-0.2, -0.15) is 21.0 Å². The van der Waals surface area contributed by atoms with Gasteiger partial charge in [-0.15, -0.1) is 0 Å². The van der Waals surface area contributed by atoms with E-state index < -0.39 is 11.8 Å². The van der Waals surface area contributed by atoms with Crippen molar-refractivity contribution in [2.45, 2.75) is 0 Å². The molecule has 0 unspecified atom stereocenters. The normalized spacial score (nSPS) is 11.8. The van der Waals surface area contributed by atoms with Gasteiger partial charge in [-0.1, -0.05) is 97.1 Å². The van der Waals surface area contributed by atoms with Gasteiger partial charge in [0.15, 0.2) is 0 Å². The van der Waals surface area contributed by atoms with Gasteiger partial charge in [0.2, 0.25) is 0 Å². The van der Waals surface area contributed by atoms with Crippen LogP contribution in [0.3, 0.4) is 0 Å². The number of fused-ring (bicyclic) bond motifs is 4. The largest absolute Gasteiger partial charge is 0.308 e. The maximum atomic E-state index is 15.3. The number of nitriles is 4. The SMILES string of the molecule is N#Cc1cc(C#N)cc(-c2ccc3c(c2)c2cc(-c4cc(C#N)cc(C#N)c4)ccc2n3-c2cccc3c2C(=O)N(c2c(-c4ccccc4)cccc2-c2ccccc2)C3=O)c1. The number of amides is 2. The lowest BCUT2D eigenvalue weighted by Crippen LogP contribution is -2.30. The monoisotopic (exact) mass is 792 g/mol. The quantitative estimate of drug-likeness (QED) is 0.154. The molecule has 10 rings (SSSR count). The fourth-order valence-electron chi connectivity index (χ4n) is 8.63. The molecule has 0 bridgehead atoms. The molecule has 286 valence electrons. The van der Waals surface area contributed by atoms with Crippen molar-refractivity contribution in [3.8, 4) is 74.5 Å². The molecular formula is C54H28N6O2. The highest BCUT2D eigenvalue weighted by atomic mass is 16.2. The second-order valence-corrected chi connectivity index (χ2v) is 14.9. The smallest absolute Gasteiger partial charge is 0.268 e. The van der Waals surface area contributed by atoms with Gasteiger partial charge in [0.25, 0.3) is 11.8 Å². The Bertz CT molecular complexity index is 3300. The summed E-state index contributed by atoms with van der Waals surface area (Å²) >= 11 is 0. The van der Waals surface area contributed by atoms with Crippen LogP contribution >= 0.6 is 0 Å². The first-order chi connectivity index (χ1) is 30.4. The number of nitrogens with zero attached hydrogens (tertiary/aromatic N) is 6. The van der Waals surface area contributed by atoms with Gasteiger partial charge in [-0.05, 0) is 106 Å². The van der Waals surface area contributed by atoms with E-state index in [0.29, 0.717) is 44.8 Å². The van der Waals surface area contributed by atoms with Crippen LogP contribution in [-0.2, 0) is 0 Å². The Morgan fingerprint density at radius 2 is 0.806 bits per heavy atom. The number of hydrogen-bond donors (Lipinski definition) is 0. The number of benzene rings is 8. The average molecular weight is 793 g/mol. The molecule has 8 aromatic carbocycles. The molecule has 0 spiro atoms. The molecule has 9 aromatic rings. The number of aromatic nitrogens is 1. The highest BCUT2D eigenvalue weighted by molar-refractivity contribution is 6.37. The summed E-state index contributed by atoms with van der Waals surface area (Å²) in [5, 5.41) is 40.7. The molecule has 0 N–H and O–H groups in total. The third-order valence-electron chi connectivity index (χ3n) is 11.4. The predicted molar refractivity (Wildman–Crippen MR) is 239 cm³/mol. The molecule has 62 heavy (non-hydrogen) atoms. The van der Waals surface area contributed by atoms with Crippen molar-refractivity contribution in [2.24, 2.45) is 0 Å². The minimum Gasteiger partial charge on any atom is -0.308 e. The summed E-state index contributed by atoms with van der Waals surface area (Å²) in [6.07, 6.45) is 0. The van der Waals surface area contributed by atoms with E-state index in [2.05, 4.69) is 24.3 Å². The van der Waals surface area contributed by atoms with Crippen LogP contribution in [0.2, 0.25) is 0 Å². The zero-order chi connectivity index (χ0) is 42.5. The third-order valence-corrected chi connectivity index (χ3v) is 11.4. The number of carbonyl (C=O) groups is 2. The van der Waals surface area contributed by atoms with Crippen molar-refractivity contribution in [1.29, 1.82) is 21.0 Å². The van der Waals surface area contributed by atoms with E-state index in [-0.39, 0.29) is 11.1 Å². The second kappa shape index (κ2) is 14.8. The van der Waals surface area contributed by atoms with Crippen LogP contribution < -0.4 is 4.90 Å². The van der Waals surface area contributed by atoms with E-state index in [0.717, 1.165) is 55.2 Å². The predicted octanol–water partition coefficient (Wildman–Crippen LogP) is 11.7. The molecule has 8 nitrogen and oxygen atoms in total. The molecule has 2 amide bonds. The molecule has 0 saturated carbocycles. The van der Waals surface area contributed by atoms with Gasteiger partial charge >= 0.3 is 0 Å². The van der Waals surface area contributed by atoms with Gasteiger partial charge in [-0.25, -0.2) is 4.90 Å². The summed E-state index contributed by atoms with van der Waals surface area (Å²) in [6, 6.07) is 60.9. The molecule has 0 fully saturated rings. The Balaban J connectivity index is 1.21. The van der Waals surface area contributed by atoms with Crippen LogP contribution in [0, 0.1) is 45.3 Å². The van der Waals surface area contributed by atoms with Crippen molar-refractivity contribution in [2.75, 3.05) is 4.90 Å². The van der Waals surface area contributed by atoms with E-state index in [1.807, 2.05) is 126 Å². The van der Waals surface area contributed by atoms with Crippen molar-refractivity contribution in [3.05, 3.63) is 203 Å².